The van der Waals surface area contributed by atoms with E-state index in [1.54, 1.807) is 0 Å². The van der Waals surface area contributed by atoms with Crippen LogP contribution in [0.4, 0.5) is 0 Å². The van der Waals surface area contributed by atoms with Crippen LogP contribution >= 0.6 is 0 Å². The first kappa shape index (κ1) is 14.5. The second-order valence-electron chi connectivity index (χ2n) is 5.06. The molecule has 0 bridgehead atoms. The van der Waals surface area contributed by atoms with Gasteiger partial charge in [0.05, 0.1) is 25.2 Å². The maximum Gasteiger partial charge on any atom is 0.0948 e. The fourth-order valence-electron chi connectivity index (χ4n) is 2.41. The second-order valence-corrected chi connectivity index (χ2v) is 5.06. The summed E-state index contributed by atoms with van der Waals surface area (Å²) in [6.45, 7) is 10.4. The summed E-state index contributed by atoms with van der Waals surface area (Å²) in [5.41, 5.74) is 1.29. The first-order chi connectivity index (χ1) is 9.40. The molecule has 0 aliphatic carbocycles. The molecule has 1 saturated heterocycles. The molecule has 0 spiro atoms. The number of ether oxygens (including phenoxy) is 1. The molecule has 2 rings (SSSR count). The van der Waals surface area contributed by atoms with Crippen LogP contribution in [0.2, 0.25) is 0 Å². The van der Waals surface area contributed by atoms with E-state index >= 15 is 0 Å². The van der Waals surface area contributed by atoms with Crippen molar-refractivity contribution in [3.63, 3.8) is 0 Å². The summed E-state index contributed by atoms with van der Waals surface area (Å²) in [6.07, 6.45) is 6.24. The Hall–Kier alpha value is -0.910. The molecule has 19 heavy (non-hydrogen) atoms. The van der Waals surface area contributed by atoms with Gasteiger partial charge in [0.15, 0.2) is 0 Å². The molecule has 1 aromatic rings. The van der Waals surface area contributed by atoms with Gasteiger partial charge in [-0.2, -0.15) is 0 Å². The third-order valence-electron chi connectivity index (χ3n) is 3.50. The largest absolute Gasteiger partial charge is 0.379 e. The Kier molecular flexibility index (Phi) is 6.33. The number of hydrogen-bond donors (Lipinski definition) is 1. The van der Waals surface area contributed by atoms with Gasteiger partial charge in [-0.15, -0.1) is 0 Å². The maximum atomic E-state index is 5.35. The lowest BCUT2D eigenvalue weighted by molar-refractivity contribution is 0.0374. The number of nitrogens with zero attached hydrogens (tertiary/aromatic N) is 3. The zero-order valence-corrected chi connectivity index (χ0v) is 12.0. The molecule has 0 aromatic carbocycles. The van der Waals surface area contributed by atoms with Gasteiger partial charge in [0.1, 0.15) is 0 Å². The average molecular weight is 266 g/mol. The number of imidazole rings is 1. The van der Waals surface area contributed by atoms with Crippen molar-refractivity contribution in [2.24, 2.45) is 0 Å². The molecule has 5 heteroatoms. The highest BCUT2D eigenvalue weighted by Gasteiger charge is 2.09. The van der Waals surface area contributed by atoms with Crippen molar-refractivity contribution in [1.29, 1.82) is 0 Å². The predicted molar refractivity (Wildman–Crippen MR) is 76.1 cm³/mol. The van der Waals surface area contributed by atoms with Gasteiger partial charge in [-0.3, -0.25) is 4.90 Å². The Bertz CT molecular complexity index is 347. The van der Waals surface area contributed by atoms with E-state index in [1.807, 2.05) is 12.5 Å². The van der Waals surface area contributed by atoms with Gasteiger partial charge in [0, 0.05) is 32.4 Å². The van der Waals surface area contributed by atoms with E-state index in [4.69, 9.17) is 4.74 Å². The lowest BCUT2D eigenvalue weighted by Crippen LogP contribution is -2.37. The molecular formula is C14H26N4O. The smallest absolute Gasteiger partial charge is 0.0948 e. The van der Waals surface area contributed by atoms with Crippen molar-refractivity contribution in [3.05, 3.63) is 18.2 Å². The topological polar surface area (TPSA) is 42.3 Å². The van der Waals surface area contributed by atoms with Crippen molar-refractivity contribution < 1.29 is 4.74 Å². The number of hydrogen-bond acceptors (Lipinski definition) is 4. The number of aryl methyl sites for hydroxylation is 1. The number of aromatic nitrogens is 2. The minimum absolute atomic E-state index is 0.892. The first-order valence-corrected chi connectivity index (χ1v) is 7.40. The van der Waals surface area contributed by atoms with E-state index in [9.17, 15) is 0 Å². The van der Waals surface area contributed by atoms with Crippen LogP contribution in [0.15, 0.2) is 12.5 Å². The zero-order chi connectivity index (χ0) is 13.3. The summed E-state index contributed by atoms with van der Waals surface area (Å²) < 4.78 is 7.58. The third kappa shape index (κ3) is 4.93. The molecule has 0 atom stereocenters. The monoisotopic (exact) mass is 266 g/mol. The molecule has 0 unspecified atom stereocenters. The summed E-state index contributed by atoms with van der Waals surface area (Å²) in [5.74, 6) is 0. The average Bonchev–Trinajstić information content (AvgIpc) is 2.88. The lowest BCUT2D eigenvalue weighted by Gasteiger charge is -2.26. The molecule has 5 nitrogen and oxygen atoms in total. The molecule has 1 aromatic heterocycles. The molecule has 0 radical (unpaired) electrons. The van der Waals surface area contributed by atoms with Crippen LogP contribution in [-0.2, 0) is 17.8 Å². The van der Waals surface area contributed by atoms with Gasteiger partial charge in [0.2, 0.25) is 0 Å². The quantitative estimate of drug-likeness (QED) is 0.716. The van der Waals surface area contributed by atoms with E-state index < -0.39 is 0 Å². The van der Waals surface area contributed by atoms with Crippen LogP contribution in [0.25, 0.3) is 0 Å². The highest BCUT2D eigenvalue weighted by Crippen LogP contribution is 2.01. The van der Waals surface area contributed by atoms with Gasteiger partial charge >= 0.3 is 0 Å². The molecule has 0 amide bonds. The van der Waals surface area contributed by atoms with Crippen LogP contribution in [0.5, 0.6) is 0 Å². The van der Waals surface area contributed by atoms with Crippen LogP contribution in [0.1, 0.15) is 25.5 Å². The van der Waals surface area contributed by atoms with Gasteiger partial charge in [-0.05, 0) is 25.9 Å². The van der Waals surface area contributed by atoms with Gasteiger partial charge in [-0.1, -0.05) is 6.92 Å². The Balaban J connectivity index is 1.57. The van der Waals surface area contributed by atoms with E-state index in [0.717, 1.165) is 52.4 Å². The zero-order valence-electron chi connectivity index (χ0n) is 12.0. The maximum absolute atomic E-state index is 5.35. The molecule has 1 fully saturated rings. The predicted octanol–water partition coefficient (Wildman–Crippen LogP) is 1.10. The SMILES string of the molecule is CCCn1cncc1CNCCCN1CCOCC1. The molecule has 108 valence electrons. The van der Waals surface area contributed by atoms with Gasteiger partial charge in [-0.25, -0.2) is 4.98 Å². The number of rotatable bonds is 8. The fraction of sp³-hybridized carbons (Fsp3) is 0.786. The minimum Gasteiger partial charge on any atom is -0.379 e. The van der Waals surface area contributed by atoms with E-state index in [-0.39, 0.29) is 0 Å². The Labute approximate surface area is 116 Å². The van der Waals surface area contributed by atoms with E-state index in [0.29, 0.717) is 0 Å². The second kappa shape index (κ2) is 8.30. The van der Waals surface area contributed by atoms with Crippen LogP contribution in [-0.4, -0.2) is 53.8 Å². The summed E-state index contributed by atoms with van der Waals surface area (Å²) in [7, 11) is 0. The van der Waals surface area contributed by atoms with E-state index in [1.165, 1.54) is 18.7 Å². The normalized spacial score (nSPS) is 16.9. The first-order valence-electron chi connectivity index (χ1n) is 7.40. The standard InChI is InChI=1S/C14H26N4O/c1-2-5-18-13-16-12-14(18)11-15-4-3-6-17-7-9-19-10-8-17/h12-13,15H,2-11H2,1H3. The fourth-order valence-corrected chi connectivity index (χ4v) is 2.41. The minimum atomic E-state index is 0.892. The van der Waals surface area contributed by atoms with Crippen LogP contribution in [0, 0.1) is 0 Å². The molecule has 0 saturated carbocycles. The van der Waals surface area contributed by atoms with Crippen LogP contribution in [0.3, 0.4) is 0 Å². The number of morpholine rings is 1. The Morgan fingerprint density at radius 1 is 1.32 bits per heavy atom. The molecular weight excluding hydrogens is 240 g/mol. The van der Waals surface area contributed by atoms with Crippen LogP contribution < -0.4 is 5.32 Å². The number of nitrogens with one attached hydrogen (secondary N) is 1. The molecule has 1 aliphatic rings. The highest BCUT2D eigenvalue weighted by molar-refractivity contribution is 4.97. The van der Waals surface area contributed by atoms with Crippen molar-refractivity contribution in [2.75, 3.05) is 39.4 Å². The molecule has 1 aliphatic heterocycles. The summed E-state index contributed by atoms with van der Waals surface area (Å²) in [6, 6.07) is 0. The summed E-state index contributed by atoms with van der Waals surface area (Å²) in [4.78, 5) is 6.69. The Morgan fingerprint density at radius 2 is 2.16 bits per heavy atom. The summed E-state index contributed by atoms with van der Waals surface area (Å²) in [5, 5.41) is 3.51. The van der Waals surface area contributed by atoms with Crippen molar-refractivity contribution >= 4 is 0 Å². The molecule has 2 heterocycles. The van der Waals surface area contributed by atoms with Crippen molar-refractivity contribution in [1.82, 2.24) is 19.8 Å². The molecule has 1 N–H and O–H groups in total. The van der Waals surface area contributed by atoms with Gasteiger partial charge < -0.3 is 14.6 Å². The van der Waals surface area contributed by atoms with Crippen molar-refractivity contribution in [2.45, 2.75) is 32.9 Å². The third-order valence-corrected chi connectivity index (χ3v) is 3.50. The van der Waals surface area contributed by atoms with Crippen molar-refractivity contribution in [3.8, 4) is 0 Å². The highest BCUT2D eigenvalue weighted by atomic mass is 16.5. The lowest BCUT2D eigenvalue weighted by atomic mass is 10.3. The summed E-state index contributed by atoms with van der Waals surface area (Å²) >= 11 is 0. The van der Waals surface area contributed by atoms with E-state index in [2.05, 4.69) is 26.7 Å². The Morgan fingerprint density at radius 3 is 2.95 bits per heavy atom. The van der Waals surface area contributed by atoms with Gasteiger partial charge in [0.25, 0.3) is 0 Å².